The molecular formula is C21H24N4O4. The van der Waals surface area contributed by atoms with Crippen molar-refractivity contribution in [3.63, 3.8) is 0 Å². The van der Waals surface area contributed by atoms with Gasteiger partial charge in [0.2, 0.25) is 17.6 Å². The molecule has 0 saturated carbocycles. The van der Waals surface area contributed by atoms with E-state index in [1.807, 2.05) is 36.4 Å². The van der Waals surface area contributed by atoms with Crippen LogP contribution in [0.2, 0.25) is 0 Å². The zero-order chi connectivity index (χ0) is 20.6. The van der Waals surface area contributed by atoms with Crippen LogP contribution in [-0.4, -0.2) is 53.7 Å². The lowest BCUT2D eigenvalue weighted by Gasteiger charge is -2.17. The Labute approximate surface area is 169 Å². The van der Waals surface area contributed by atoms with Gasteiger partial charge in [-0.15, -0.1) is 0 Å². The van der Waals surface area contributed by atoms with Crippen LogP contribution in [0, 0.1) is 0 Å². The highest BCUT2D eigenvalue weighted by atomic mass is 16.5. The quantitative estimate of drug-likeness (QED) is 0.549. The van der Waals surface area contributed by atoms with E-state index in [9.17, 15) is 4.79 Å². The molecule has 0 N–H and O–H groups in total. The minimum absolute atomic E-state index is 0.0167. The fourth-order valence-corrected chi connectivity index (χ4v) is 2.82. The number of carbonyl (C=O) groups is 1. The monoisotopic (exact) mass is 396 g/mol. The molecule has 8 nitrogen and oxygen atoms in total. The summed E-state index contributed by atoms with van der Waals surface area (Å²) in [5, 5.41) is 3.92. The van der Waals surface area contributed by atoms with E-state index in [4.69, 9.17) is 14.0 Å². The van der Waals surface area contributed by atoms with Crippen molar-refractivity contribution in [2.75, 3.05) is 27.8 Å². The molecule has 0 aliphatic rings. The van der Waals surface area contributed by atoms with Gasteiger partial charge in [-0.3, -0.25) is 9.78 Å². The lowest BCUT2D eigenvalue weighted by molar-refractivity contribution is -0.129. The van der Waals surface area contributed by atoms with Gasteiger partial charge in [-0.2, -0.15) is 4.98 Å². The normalized spacial score (nSPS) is 10.6. The van der Waals surface area contributed by atoms with Gasteiger partial charge in [0.25, 0.3) is 0 Å². The maximum atomic E-state index is 12.4. The molecule has 8 heteroatoms. The summed E-state index contributed by atoms with van der Waals surface area (Å²) in [6.07, 6.45) is 3.07. The van der Waals surface area contributed by atoms with E-state index in [-0.39, 0.29) is 5.91 Å². The number of carbonyl (C=O) groups excluding carboxylic acids is 1. The average Bonchev–Trinajstić information content (AvgIpc) is 3.25. The van der Waals surface area contributed by atoms with E-state index in [0.29, 0.717) is 54.7 Å². The Morgan fingerprint density at radius 2 is 1.93 bits per heavy atom. The molecule has 0 spiro atoms. The molecule has 0 unspecified atom stereocenters. The van der Waals surface area contributed by atoms with Crippen LogP contribution in [0.5, 0.6) is 11.5 Å². The zero-order valence-corrected chi connectivity index (χ0v) is 16.8. The molecule has 0 aliphatic carbocycles. The second kappa shape index (κ2) is 9.68. The van der Waals surface area contributed by atoms with Crippen molar-refractivity contribution in [2.24, 2.45) is 0 Å². The molecule has 3 rings (SSSR count). The van der Waals surface area contributed by atoms with Crippen LogP contribution in [0.25, 0.3) is 11.5 Å². The first-order valence-electron chi connectivity index (χ1n) is 9.29. The number of benzene rings is 1. The SMILES string of the molecule is COc1ccc(CCN(C)C(=O)CCc2nc(-c3ccccn3)no2)cc1OC. The molecule has 0 radical (unpaired) electrons. The van der Waals surface area contributed by atoms with Crippen LogP contribution in [0.4, 0.5) is 0 Å². The van der Waals surface area contributed by atoms with E-state index in [1.165, 1.54) is 0 Å². The summed E-state index contributed by atoms with van der Waals surface area (Å²) in [4.78, 5) is 22.6. The molecule has 0 aliphatic heterocycles. The van der Waals surface area contributed by atoms with Crippen molar-refractivity contribution < 1.29 is 18.8 Å². The number of hydrogen-bond donors (Lipinski definition) is 0. The van der Waals surface area contributed by atoms with Gasteiger partial charge in [0, 0.05) is 32.6 Å². The number of ether oxygens (including phenoxy) is 2. The van der Waals surface area contributed by atoms with Crippen LogP contribution >= 0.6 is 0 Å². The highest BCUT2D eigenvalue weighted by Crippen LogP contribution is 2.27. The predicted molar refractivity (Wildman–Crippen MR) is 107 cm³/mol. The molecule has 3 aromatic rings. The Bertz CT molecular complexity index is 943. The van der Waals surface area contributed by atoms with E-state index in [0.717, 1.165) is 5.56 Å². The van der Waals surface area contributed by atoms with E-state index < -0.39 is 0 Å². The molecule has 1 aromatic carbocycles. The van der Waals surface area contributed by atoms with Gasteiger partial charge < -0.3 is 18.9 Å². The molecule has 152 valence electrons. The summed E-state index contributed by atoms with van der Waals surface area (Å²) in [7, 11) is 5.00. The summed E-state index contributed by atoms with van der Waals surface area (Å²) >= 11 is 0. The summed E-state index contributed by atoms with van der Waals surface area (Å²) < 4.78 is 15.8. The highest BCUT2D eigenvalue weighted by molar-refractivity contribution is 5.76. The van der Waals surface area contributed by atoms with Crippen LogP contribution in [-0.2, 0) is 17.6 Å². The summed E-state index contributed by atoms with van der Waals surface area (Å²) in [5.41, 5.74) is 1.71. The maximum absolute atomic E-state index is 12.4. The minimum atomic E-state index is 0.0167. The largest absolute Gasteiger partial charge is 0.493 e. The number of rotatable bonds is 9. The van der Waals surface area contributed by atoms with E-state index >= 15 is 0 Å². The van der Waals surface area contributed by atoms with Crippen molar-refractivity contribution in [1.82, 2.24) is 20.0 Å². The zero-order valence-electron chi connectivity index (χ0n) is 16.8. The number of aromatic nitrogens is 3. The van der Waals surface area contributed by atoms with Gasteiger partial charge >= 0.3 is 0 Å². The van der Waals surface area contributed by atoms with Crippen LogP contribution in [0.1, 0.15) is 17.9 Å². The molecule has 29 heavy (non-hydrogen) atoms. The van der Waals surface area contributed by atoms with Crippen molar-refractivity contribution in [3.05, 3.63) is 54.0 Å². The van der Waals surface area contributed by atoms with E-state index in [2.05, 4.69) is 15.1 Å². The number of likely N-dealkylation sites (N-methyl/N-ethyl adjacent to an activating group) is 1. The van der Waals surface area contributed by atoms with Gasteiger partial charge in [0.15, 0.2) is 11.5 Å². The summed E-state index contributed by atoms with van der Waals surface area (Å²) in [6.45, 7) is 0.595. The van der Waals surface area contributed by atoms with Crippen LogP contribution in [0.3, 0.4) is 0 Å². The van der Waals surface area contributed by atoms with Crippen LogP contribution in [0.15, 0.2) is 47.1 Å². The van der Waals surface area contributed by atoms with Gasteiger partial charge in [0.1, 0.15) is 5.69 Å². The highest BCUT2D eigenvalue weighted by Gasteiger charge is 2.14. The molecule has 0 fully saturated rings. The second-order valence-corrected chi connectivity index (χ2v) is 6.48. The van der Waals surface area contributed by atoms with Gasteiger partial charge in [0.05, 0.1) is 14.2 Å². The Kier molecular flexibility index (Phi) is 6.78. The number of pyridine rings is 1. The standard InChI is InChI=1S/C21H24N4O4/c1-25(13-11-15-7-8-17(27-2)18(14-15)28-3)20(26)10-9-19-23-21(24-29-19)16-6-4-5-12-22-16/h4-8,12,14H,9-11,13H2,1-3H3. The average molecular weight is 396 g/mol. The summed E-state index contributed by atoms with van der Waals surface area (Å²) in [5.74, 6) is 2.23. The number of hydrogen-bond acceptors (Lipinski definition) is 7. The molecular weight excluding hydrogens is 372 g/mol. The Hall–Kier alpha value is -3.42. The van der Waals surface area contributed by atoms with Gasteiger partial charge in [-0.1, -0.05) is 17.3 Å². The third-order valence-corrected chi connectivity index (χ3v) is 4.52. The molecule has 1 amide bonds. The van der Waals surface area contributed by atoms with Gasteiger partial charge in [-0.05, 0) is 36.2 Å². The first kappa shape index (κ1) is 20.3. The Balaban J connectivity index is 1.49. The number of methoxy groups -OCH3 is 2. The fraction of sp³-hybridized carbons (Fsp3) is 0.333. The number of aryl methyl sites for hydroxylation is 1. The van der Waals surface area contributed by atoms with Crippen molar-refractivity contribution in [1.29, 1.82) is 0 Å². The van der Waals surface area contributed by atoms with Crippen LogP contribution < -0.4 is 9.47 Å². The molecule has 0 bridgehead atoms. The predicted octanol–water partition coefficient (Wildman–Crippen LogP) is 2.78. The second-order valence-electron chi connectivity index (χ2n) is 6.48. The van der Waals surface area contributed by atoms with E-state index in [1.54, 1.807) is 32.4 Å². The van der Waals surface area contributed by atoms with Gasteiger partial charge in [-0.25, -0.2) is 0 Å². The first-order chi connectivity index (χ1) is 14.1. The fourth-order valence-electron chi connectivity index (χ4n) is 2.82. The summed E-state index contributed by atoms with van der Waals surface area (Å²) in [6, 6.07) is 11.2. The maximum Gasteiger partial charge on any atom is 0.227 e. The minimum Gasteiger partial charge on any atom is -0.493 e. The molecule has 0 saturated heterocycles. The Morgan fingerprint density at radius 3 is 2.66 bits per heavy atom. The Morgan fingerprint density at radius 1 is 1.10 bits per heavy atom. The van der Waals surface area contributed by atoms with Crippen molar-refractivity contribution in [2.45, 2.75) is 19.3 Å². The lowest BCUT2D eigenvalue weighted by atomic mass is 10.1. The number of amides is 1. The topological polar surface area (TPSA) is 90.6 Å². The molecule has 2 aromatic heterocycles. The smallest absolute Gasteiger partial charge is 0.227 e. The first-order valence-corrected chi connectivity index (χ1v) is 9.29. The molecule has 2 heterocycles. The third-order valence-electron chi connectivity index (χ3n) is 4.52. The lowest BCUT2D eigenvalue weighted by Crippen LogP contribution is -2.29. The van der Waals surface area contributed by atoms with Crippen molar-refractivity contribution >= 4 is 5.91 Å². The third kappa shape index (κ3) is 5.31. The number of nitrogens with zero attached hydrogens (tertiary/aromatic N) is 4. The molecule has 0 atom stereocenters. The van der Waals surface area contributed by atoms with Crippen molar-refractivity contribution in [3.8, 4) is 23.0 Å².